The zero-order chi connectivity index (χ0) is 32.7. The highest BCUT2D eigenvalue weighted by atomic mass is 16.8. The molecule has 0 atom stereocenters. The van der Waals surface area contributed by atoms with E-state index in [4.69, 9.17) is 18.9 Å². The van der Waals surface area contributed by atoms with Gasteiger partial charge in [-0.15, -0.1) is 0 Å². The van der Waals surface area contributed by atoms with Crippen LogP contribution in [0.25, 0.3) is 0 Å². The quantitative estimate of drug-likeness (QED) is 0.113. The van der Waals surface area contributed by atoms with Crippen LogP contribution in [0, 0.1) is 24.0 Å². The van der Waals surface area contributed by atoms with Crippen molar-refractivity contribution in [1.82, 2.24) is 4.98 Å². The van der Waals surface area contributed by atoms with Gasteiger partial charge in [0.1, 0.15) is 28.1 Å². The molecule has 41 heavy (non-hydrogen) atoms. The van der Waals surface area contributed by atoms with Crippen LogP contribution in [0.3, 0.4) is 0 Å². The maximum Gasteiger partial charge on any atom is 0.519 e. The third-order valence-electron chi connectivity index (χ3n) is 3.86. The molecule has 2 amide bonds. The van der Waals surface area contributed by atoms with Gasteiger partial charge in [-0.05, 0) is 102 Å². The van der Waals surface area contributed by atoms with Gasteiger partial charge in [0.15, 0.2) is 5.82 Å². The fraction of sp³-hybridized carbons (Fsp3) is 0.667. The molecule has 14 heteroatoms. The molecule has 1 aromatic rings. The van der Waals surface area contributed by atoms with E-state index in [-0.39, 0.29) is 22.8 Å². The number of imide groups is 1. The molecule has 0 saturated carbocycles. The summed E-state index contributed by atoms with van der Waals surface area (Å²) >= 11 is 0. The molecule has 0 radical (unpaired) electrons. The highest BCUT2D eigenvalue weighted by molar-refractivity contribution is 6.09. The Morgan fingerprint density at radius 3 is 1.34 bits per heavy atom. The van der Waals surface area contributed by atoms with E-state index < -0.39 is 51.8 Å². The molecule has 1 rings (SSSR count). The normalized spacial score (nSPS) is 11.8. The molecule has 1 heterocycles. The van der Waals surface area contributed by atoms with Crippen molar-refractivity contribution in [2.24, 2.45) is 0 Å². The zero-order valence-corrected chi connectivity index (χ0v) is 26.4. The molecule has 14 nitrogen and oxygen atoms in total. The minimum atomic E-state index is -1.06. The summed E-state index contributed by atoms with van der Waals surface area (Å²) in [6.45, 7) is 22.9. The van der Waals surface area contributed by atoms with Crippen molar-refractivity contribution in [3.8, 4) is 0 Å². The summed E-state index contributed by atoms with van der Waals surface area (Å²) in [6.07, 6.45) is -4.07. The van der Waals surface area contributed by atoms with Gasteiger partial charge in [0.2, 0.25) is 0 Å². The maximum absolute atomic E-state index is 12.6. The van der Waals surface area contributed by atoms with Crippen LogP contribution in [-0.4, -0.2) is 56.8 Å². The maximum atomic E-state index is 12.6. The van der Waals surface area contributed by atoms with Crippen molar-refractivity contribution in [2.45, 2.75) is 119 Å². The van der Waals surface area contributed by atoms with Gasteiger partial charge in [-0.25, -0.2) is 24.2 Å². The molecule has 0 aliphatic carbocycles. The lowest BCUT2D eigenvalue weighted by molar-refractivity contribution is -0.385. The number of aryl methyl sites for hydroxylation is 2. The van der Waals surface area contributed by atoms with Crippen LogP contribution in [0.5, 0.6) is 0 Å². The lowest BCUT2D eigenvalue weighted by Crippen LogP contribution is -2.44. The molecule has 0 aliphatic rings. The molecular weight excluding hydrogens is 542 g/mol. The first-order valence-electron chi connectivity index (χ1n) is 12.6. The molecule has 232 valence electrons. The minimum Gasteiger partial charge on any atom is -0.443 e. The van der Waals surface area contributed by atoms with Crippen LogP contribution in [0.1, 0.15) is 94.3 Å². The van der Waals surface area contributed by atoms with E-state index in [9.17, 15) is 29.3 Å². The predicted molar refractivity (Wildman–Crippen MR) is 149 cm³/mol. The number of carbonyl (C=O) groups excluding carboxylic acids is 4. The topological polar surface area (TPSA) is 174 Å². The number of hydrogen-bond donors (Lipinski definition) is 0. The Labute approximate surface area is 240 Å². The average Bonchev–Trinajstić information content (AvgIpc) is 2.64. The molecule has 1 aromatic heterocycles. The largest absolute Gasteiger partial charge is 0.519 e. The van der Waals surface area contributed by atoms with Crippen molar-refractivity contribution in [2.75, 3.05) is 4.90 Å². The summed E-state index contributed by atoms with van der Waals surface area (Å²) in [4.78, 5) is 62.4. The summed E-state index contributed by atoms with van der Waals surface area (Å²) in [5.74, 6) is -0.0726. The van der Waals surface area contributed by atoms with Crippen molar-refractivity contribution in [3.05, 3.63) is 27.4 Å². The molecule has 0 N–H and O–H groups in total. The van der Waals surface area contributed by atoms with Crippen molar-refractivity contribution in [1.29, 1.82) is 0 Å². The van der Waals surface area contributed by atoms with Crippen LogP contribution in [0.4, 0.5) is 30.7 Å². The van der Waals surface area contributed by atoms with E-state index in [1.807, 2.05) is 0 Å². The molecular formula is C27H43N3O11. The third-order valence-corrected chi connectivity index (χ3v) is 3.86. The number of pyridine rings is 1. The number of aromatic nitrogens is 1. The van der Waals surface area contributed by atoms with E-state index in [1.165, 1.54) is 19.9 Å². The van der Waals surface area contributed by atoms with Gasteiger partial charge in [-0.1, -0.05) is 0 Å². The van der Waals surface area contributed by atoms with E-state index in [0.29, 0.717) is 4.90 Å². The molecule has 0 aromatic carbocycles. The summed E-state index contributed by atoms with van der Waals surface area (Å²) < 4.78 is 24.4. The number of anilines is 1. The first kappa shape index (κ1) is 37.0. The standard InChI is InChI=1S/C17H25N3O6.C10H18O5/c1-10-9-12(20(23)24)11(2)18-13(10)19(14(21)25-16(3,4)5)15(22)26-17(6,7)8;1-9(2,3)14-7(11)13-8(12)15-10(4,5)6/h9H,1-8H3;1-6H3. The summed E-state index contributed by atoms with van der Waals surface area (Å²) in [5, 5.41) is 11.1. The SMILES string of the molecule is CC(C)(C)OC(=O)OC(=O)OC(C)(C)C.Cc1cc([N+](=O)[O-])c(C)nc1N(C(=O)OC(C)(C)C)C(=O)OC(C)(C)C. The lowest BCUT2D eigenvalue weighted by atomic mass is 10.2. The Morgan fingerprint density at radius 2 is 1.05 bits per heavy atom. The Kier molecular flexibility index (Phi) is 12.3. The number of rotatable bonds is 2. The number of ether oxygens (including phenoxy) is 5. The monoisotopic (exact) mass is 585 g/mol. The Balaban J connectivity index is 0.000000909. The van der Waals surface area contributed by atoms with Crippen molar-refractivity contribution >= 4 is 36.0 Å². The Morgan fingerprint density at radius 1 is 0.707 bits per heavy atom. The van der Waals surface area contributed by atoms with E-state index >= 15 is 0 Å². The average molecular weight is 586 g/mol. The first-order chi connectivity index (χ1) is 18.1. The highest BCUT2D eigenvalue weighted by Crippen LogP contribution is 2.28. The molecule has 0 unspecified atom stereocenters. The van der Waals surface area contributed by atoms with Crippen molar-refractivity contribution in [3.63, 3.8) is 0 Å². The van der Waals surface area contributed by atoms with Gasteiger partial charge in [0.25, 0.3) is 5.69 Å². The highest BCUT2D eigenvalue weighted by Gasteiger charge is 2.35. The van der Waals surface area contributed by atoms with Crippen LogP contribution < -0.4 is 4.90 Å². The molecule has 0 saturated heterocycles. The predicted octanol–water partition coefficient (Wildman–Crippen LogP) is 7.16. The summed E-state index contributed by atoms with van der Waals surface area (Å²) in [7, 11) is 0. The second kappa shape index (κ2) is 13.6. The number of nitrogens with zero attached hydrogens (tertiary/aromatic N) is 3. The number of amides is 2. The summed E-state index contributed by atoms with van der Waals surface area (Å²) in [5.41, 5.74) is -2.99. The van der Waals surface area contributed by atoms with Crippen LogP contribution in [0.2, 0.25) is 0 Å². The van der Waals surface area contributed by atoms with Crippen LogP contribution in [-0.2, 0) is 23.7 Å². The Bertz CT molecular complexity index is 1080. The molecule has 0 fully saturated rings. The molecule has 0 bridgehead atoms. The van der Waals surface area contributed by atoms with Crippen molar-refractivity contribution < 1.29 is 47.8 Å². The third kappa shape index (κ3) is 15.4. The Hall–Kier alpha value is -3.97. The second-order valence-corrected chi connectivity index (χ2v) is 12.8. The smallest absolute Gasteiger partial charge is 0.443 e. The minimum absolute atomic E-state index is 0.0627. The van der Waals surface area contributed by atoms with Gasteiger partial charge < -0.3 is 23.7 Å². The van der Waals surface area contributed by atoms with Gasteiger partial charge in [-0.3, -0.25) is 10.1 Å². The van der Waals surface area contributed by atoms with Gasteiger partial charge >= 0.3 is 24.5 Å². The summed E-state index contributed by atoms with van der Waals surface area (Å²) in [6, 6.07) is 1.25. The van der Waals surface area contributed by atoms with E-state index in [0.717, 1.165) is 0 Å². The van der Waals surface area contributed by atoms with E-state index in [1.54, 1.807) is 83.1 Å². The van der Waals surface area contributed by atoms with Crippen LogP contribution >= 0.6 is 0 Å². The molecule has 0 aliphatic heterocycles. The fourth-order valence-corrected chi connectivity index (χ4v) is 2.56. The lowest BCUT2D eigenvalue weighted by Gasteiger charge is -2.28. The van der Waals surface area contributed by atoms with Gasteiger partial charge in [0.05, 0.1) is 4.92 Å². The van der Waals surface area contributed by atoms with Gasteiger partial charge in [0, 0.05) is 6.07 Å². The van der Waals surface area contributed by atoms with E-state index in [2.05, 4.69) is 9.72 Å². The number of nitro groups is 1. The number of hydrogen-bond acceptors (Lipinski definition) is 12. The van der Waals surface area contributed by atoms with Gasteiger partial charge in [-0.2, -0.15) is 4.90 Å². The van der Waals surface area contributed by atoms with Crippen LogP contribution in [0.15, 0.2) is 6.07 Å². The first-order valence-corrected chi connectivity index (χ1v) is 12.6. The molecule has 0 spiro atoms. The fourth-order valence-electron chi connectivity index (χ4n) is 2.56. The number of carbonyl (C=O) groups is 4. The zero-order valence-electron chi connectivity index (χ0n) is 26.4. The second-order valence-electron chi connectivity index (χ2n) is 12.8.